The first-order valence-corrected chi connectivity index (χ1v) is 16.2. The Morgan fingerprint density at radius 2 is 1.79 bits per heavy atom. The van der Waals surface area contributed by atoms with Gasteiger partial charge in [0.05, 0.1) is 23.5 Å². The molecule has 1 saturated heterocycles. The molecular formula is C25H25F3N4O8S3. The Labute approximate surface area is 248 Å². The van der Waals surface area contributed by atoms with Gasteiger partial charge in [0.1, 0.15) is 15.6 Å². The number of nitrogens with zero attached hydrogens (tertiary/aromatic N) is 2. The van der Waals surface area contributed by atoms with E-state index in [1.807, 2.05) is 0 Å². The molecule has 1 aromatic heterocycles. The zero-order valence-electron chi connectivity index (χ0n) is 22.3. The van der Waals surface area contributed by atoms with E-state index in [1.165, 1.54) is 17.5 Å². The molecule has 2 N–H and O–H groups in total. The highest BCUT2D eigenvalue weighted by atomic mass is 32.2. The number of amides is 1. The Morgan fingerprint density at radius 3 is 2.42 bits per heavy atom. The molecule has 1 aliphatic heterocycles. The first kappa shape index (κ1) is 32.2. The van der Waals surface area contributed by atoms with Gasteiger partial charge < -0.3 is 15.4 Å². The molecule has 4 rings (SSSR count). The van der Waals surface area contributed by atoms with Crippen LogP contribution in [0.3, 0.4) is 0 Å². The molecule has 2 heterocycles. The molecule has 0 saturated carbocycles. The van der Waals surface area contributed by atoms with Crippen LogP contribution in [0.2, 0.25) is 0 Å². The molecule has 0 radical (unpaired) electrons. The summed E-state index contributed by atoms with van der Waals surface area (Å²) in [5, 5.41) is 17.1. The number of carbonyl (C=O) groups is 1. The van der Waals surface area contributed by atoms with E-state index in [0.29, 0.717) is 28.3 Å². The van der Waals surface area contributed by atoms with Gasteiger partial charge in [-0.25, -0.2) is 16.8 Å². The monoisotopic (exact) mass is 662 g/mol. The number of nitro groups is 1. The number of nitrogens with one attached hydrogen (secondary N) is 2. The number of hydrogen-bond acceptors (Lipinski definition) is 10. The van der Waals surface area contributed by atoms with Crippen LogP contribution in [0, 0.1) is 10.1 Å². The van der Waals surface area contributed by atoms with Crippen LogP contribution >= 0.6 is 11.3 Å². The Balaban J connectivity index is 1.37. The summed E-state index contributed by atoms with van der Waals surface area (Å²) in [7, 11) is -8.18. The minimum Gasteiger partial charge on any atom is -0.497 e. The largest absolute Gasteiger partial charge is 0.501 e. The number of anilines is 1. The SMILES string of the molecule is COc1cccc(C(=O)NCc2ccc(S(=O)(=O)N3CCC(Nc4ccc(S(=O)(=O)C(F)(F)F)cc4[N+](=O)[O-])CC3)s2)c1. The lowest BCUT2D eigenvalue weighted by Crippen LogP contribution is -2.42. The molecule has 1 amide bonds. The molecule has 18 heteroatoms. The van der Waals surface area contributed by atoms with Gasteiger partial charge in [0, 0.05) is 35.6 Å². The van der Waals surface area contributed by atoms with Crippen molar-refractivity contribution < 1.29 is 44.5 Å². The molecule has 12 nitrogen and oxygen atoms in total. The number of nitro benzene ring substituents is 1. The number of carbonyl (C=O) groups excluding carboxylic acids is 1. The van der Waals surface area contributed by atoms with E-state index >= 15 is 0 Å². The Kier molecular flexibility index (Phi) is 9.33. The molecule has 232 valence electrons. The summed E-state index contributed by atoms with van der Waals surface area (Å²) in [6, 6.07) is 11.0. The highest BCUT2D eigenvalue weighted by Crippen LogP contribution is 2.36. The summed E-state index contributed by atoms with van der Waals surface area (Å²) < 4.78 is 94.9. The van der Waals surface area contributed by atoms with Crippen molar-refractivity contribution in [2.45, 2.75) is 40.0 Å². The topological polar surface area (TPSA) is 165 Å². The first-order valence-electron chi connectivity index (χ1n) is 12.5. The van der Waals surface area contributed by atoms with Gasteiger partial charge in [0.15, 0.2) is 0 Å². The van der Waals surface area contributed by atoms with Crippen LogP contribution in [0.4, 0.5) is 24.5 Å². The second kappa shape index (κ2) is 12.5. The van der Waals surface area contributed by atoms with Crippen LogP contribution in [0.1, 0.15) is 28.1 Å². The van der Waals surface area contributed by atoms with Gasteiger partial charge in [0.25, 0.3) is 31.5 Å². The number of benzene rings is 2. The van der Waals surface area contributed by atoms with E-state index in [0.717, 1.165) is 17.4 Å². The quantitative estimate of drug-likeness (QED) is 0.240. The summed E-state index contributed by atoms with van der Waals surface area (Å²) in [5.74, 6) is 0.159. The minimum atomic E-state index is -5.78. The van der Waals surface area contributed by atoms with Crippen molar-refractivity contribution >= 4 is 48.5 Å². The van der Waals surface area contributed by atoms with E-state index in [4.69, 9.17) is 4.74 Å². The Morgan fingerprint density at radius 1 is 1.09 bits per heavy atom. The lowest BCUT2D eigenvalue weighted by molar-refractivity contribution is -0.384. The van der Waals surface area contributed by atoms with Crippen LogP contribution in [-0.2, 0) is 26.4 Å². The van der Waals surface area contributed by atoms with Gasteiger partial charge in [-0.3, -0.25) is 14.9 Å². The third kappa shape index (κ3) is 7.09. The fourth-order valence-electron chi connectivity index (χ4n) is 4.30. The van der Waals surface area contributed by atoms with Gasteiger partial charge in [0.2, 0.25) is 0 Å². The molecule has 0 spiro atoms. The molecule has 43 heavy (non-hydrogen) atoms. The van der Waals surface area contributed by atoms with Crippen LogP contribution in [0.15, 0.2) is 63.7 Å². The first-order chi connectivity index (χ1) is 20.1. The van der Waals surface area contributed by atoms with Gasteiger partial charge in [-0.2, -0.15) is 17.5 Å². The molecule has 2 aromatic carbocycles. The second-order valence-electron chi connectivity index (χ2n) is 9.34. The highest BCUT2D eigenvalue weighted by Gasteiger charge is 2.47. The molecule has 0 atom stereocenters. The number of sulfone groups is 1. The second-order valence-corrected chi connectivity index (χ2v) is 14.6. The van der Waals surface area contributed by atoms with Crippen molar-refractivity contribution in [1.82, 2.24) is 9.62 Å². The van der Waals surface area contributed by atoms with Crippen molar-refractivity contribution in [3.63, 3.8) is 0 Å². The van der Waals surface area contributed by atoms with Crippen LogP contribution in [0.5, 0.6) is 5.75 Å². The Hall–Kier alpha value is -3.74. The van der Waals surface area contributed by atoms with Crippen molar-refractivity contribution in [3.05, 3.63) is 75.2 Å². The standard InChI is InChI=1S/C25H25F3N4O8S3/c1-40-18-4-2-3-16(13-18)24(33)29-15-19-5-8-23(41-19)43(38,39)31-11-9-17(10-12-31)30-21-7-6-20(14-22(21)32(34)35)42(36,37)25(26,27)28/h2-8,13-14,17,30H,9-12,15H2,1H3,(H,29,33). The smallest absolute Gasteiger partial charge is 0.497 e. The number of piperidine rings is 1. The Bertz CT molecular complexity index is 1740. The molecule has 0 bridgehead atoms. The highest BCUT2D eigenvalue weighted by molar-refractivity contribution is 7.92. The van der Waals surface area contributed by atoms with E-state index in [1.54, 1.807) is 30.3 Å². The van der Waals surface area contributed by atoms with Gasteiger partial charge >= 0.3 is 5.51 Å². The number of methoxy groups -OCH3 is 1. The predicted octanol–water partition coefficient (Wildman–Crippen LogP) is 4.15. The number of alkyl halides is 3. The lowest BCUT2D eigenvalue weighted by atomic mass is 10.1. The number of thiophene rings is 1. The maximum atomic E-state index is 13.2. The summed E-state index contributed by atoms with van der Waals surface area (Å²) >= 11 is 1.00. The molecule has 1 aliphatic rings. The number of sulfonamides is 1. The van der Waals surface area contributed by atoms with E-state index in [2.05, 4.69) is 10.6 Å². The van der Waals surface area contributed by atoms with Crippen molar-refractivity contribution in [2.24, 2.45) is 0 Å². The predicted molar refractivity (Wildman–Crippen MR) is 150 cm³/mol. The fraction of sp³-hybridized carbons (Fsp3) is 0.320. The third-order valence-corrected chi connectivity index (χ3v) is 11.5. The normalized spacial score (nSPS) is 15.2. The van der Waals surface area contributed by atoms with Crippen LogP contribution in [-0.4, -0.2) is 63.7 Å². The number of halogens is 3. The summed E-state index contributed by atoms with van der Waals surface area (Å²) in [6.45, 7) is 0.201. The summed E-state index contributed by atoms with van der Waals surface area (Å²) in [5.41, 5.74) is -6.29. The van der Waals surface area contributed by atoms with Crippen LogP contribution < -0.4 is 15.4 Å². The van der Waals surface area contributed by atoms with E-state index in [-0.39, 0.29) is 48.3 Å². The maximum absolute atomic E-state index is 13.2. The zero-order chi connectivity index (χ0) is 31.6. The number of ether oxygens (including phenoxy) is 1. The molecular weight excluding hydrogens is 637 g/mol. The molecule has 0 unspecified atom stereocenters. The van der Waals surface area contributed by atoms with Gasteiger partial charge in [-0.05, 0) is 55.3 Å². The molecule has 0 aliphatic carbocycles. The number of hydrogen-bond donors (Lipinski definition) is 2. The summed E-state index contributed by atoms with van der Waals surface area (Å²) in [4.78, 5) is 22.3. The van der Waals surface area contributed by atoms with E-state index < -0.39 is 46.9 Å². The van der Waals surface area contributed by atoms with Crippen LogP contribution in [0.25, 0.3) is 0 Å². The van der Waals surface area contributed by atoms with Crippen molar-refractivity contribution in [1.29, 1.82) is 0 Å². The average molecular weight is 663 g/mol. The van der Waals surface area contributed by atoms with E-state index in [9.17, 15) is 44.9 Å². The lowest BCUT2D eigenvalue weighted by Gasteiger charge is -2.31. The van der Waals surface area contributed by atoms with Gasteiger partial charge in [-0.15, -0.1) is 11.3 Å². The fourth-order valence-corrected chi connectivity index (χ4v) is 8.00. The number of rotatable bonds is 10. The third-order valence-electron chi connectivity index (χ3n) is 6.58. The minimum absolute atomic E-state index is 0.0497. The molecule has 1 fully saturated rings. The zero-order valence-corrected chi connectivity index (χ0v) is 24.8. The maximum Gasteiger partial charge on any atom is 0.501 e. The summed E-state index contributed by atoms with van der Waals surface area (Å²) in [6.07, 6.45) is 0.432. The van der Waals surface area contributed by atoms with Gasteiger partial charge in [-0.1, -0.05) is 6.07 Å². The molecule has 3 aromatic rings. The average Bonchev–Trinajstić information content (AvgIpc) is 3.46. The van der Waals surface area contributed by atoms with Crippen molar-refractivity contribution in [2.75, 3.05) is 25.5 Å². The van der Waals surface area contributed by atoms with Crippen molar-refractivity contribution in [3.8, 4) is 5.75 Å².